The number of halogens is 2. The molecule has 3 nitrogen and oxygen atoms in total. The summed E-state index contributed by atoms with van der Waals surface area (Å²) in [7, 11) is 0. The van der Waals surface area contributed by atoms with Crippen LogP contribution in [0.15, 0.2) is 30.3 Å². The van der Waals surface area contributed by atoms with E-state index >= 15 is 0 Å². The van der Waals surface area contributed by atoms with E-state index in [2.05, 4.69) is 4.98 Å². The summed E-state index contributed by atoms with van der Waals surface area (Å²) < 4.78 is 5.24. The number of benzene rings is 1. The van der Waals surface area contributed by atoms with Crippen LogP contribution in [0.25, 0.3) is 0 Å². The van der Waals surface area contributed by atoms with Gasteiger partial charge in [0.1, 0.15) is 11.8 Å². The number of rotatable bonds is 3. The number of carbonyl (C=O) groups excluding carboxylic acids is 1. The topological polar surface area (TPSA) is 39.2 Å². The molecule has 0 aliphatic carbocycles. The second-order valence-corrected chi connectivity index (χ2v) is 5.18. The van der Waals surface area contributed by atoms with Crippen LogP contribution in [0.1, 0.15) is 27.2 Å². The van der Waals surface area contributed by atoms with E-state index in [1.54, 1.807) is 18.2 Å². The fourth-order valence-corrected chi connectivity index (χ4v) is 2.07. The molecule has 0 aliphatic heterocycles. The lowest BCUT2D eigenvalue weighted by Gasteiger charge is -2.09. The van der Waals surface area contributed by atoms with Crippen LogP contribution in [0, 0.1) is 13.8 Å². The Bertz CT molecular complexity index is 656. The molecule has 104 valence electrons. The van der Waals surface area contributed by atoms with Gasteiger partial charge in [-0.1, -0.05) is 35.3 Å². The number of nitrogens with zero attached hydrogens (tertiary/aromatic N) is 1. The molecule has 0 N–H and O–H groups in total. The summed E-state index contributed by atoms with van der Waals surface area (Å²) in [5.41, 5.74) is 2.93. The van der Waals surface area contributed by atoms with Crippen LogP contribution in [0.4, 0.5) is 0 Å². The minimum atomic E-state index is -0.399. The van der Waals surface area contributed by atoms with Crippen molar-refractivity contribution in [2.75, 3.05) is 0 Å². The third kappa shape index (κ3) is 3.30. The molecule has 1 heterocycles. The van der Waals surface area contributed by atoms with E-state index in [-0.39, 0.29) is 6.61 Å². The second-order valence-electron chi connectivity index (χ2n) is 4.39. The lowest BCUT2D eigenvalue weighted by Crippen LogP contribution is -2.09. The average molecular weight is 310 g/mol. The number of ether oxygens (including phenoxy) is 1. The van der Waals surface area contributed by atoms with Gasteiger partial charge in [0.25, 0.3) is 0 Å². The summed E-state index contributed by atoms with van der Waals surface area (Å²) in [5.74, 6) is -0.399. The Hall–Kier alpha value is -1.58. The molecule has 0 bridgehead atoms. The van der Waals surface area contributed by atoms with E-state index in [4.69, 9.17) is 27.9 Å². The average Bonchev–Trinajstić information content (AvgIpc) is 2.42. The zero-order valence-corrected chi connectivity index (χ0v) is 12.6. The van der Waals surface area contributed by atoms with E-state index in [0.717, 1.165) is 11.1 Å². The van der Waals surface area contributed by atoms with Gasteiger partial charge in [-0.2, -0.15) is 0 Å². The molecule has 2 rings (SSSR count). The molecule has 0 radical (unpaired) electrons. The number of aryl methyl sites for hydroxylation is 1. The van der Waals surface area contributed by atoms with Crippen LogP contribution < -0.4 is 0 Å². The van der Waals surface area contributed by atoms with Crippen molar-refractivity contribution in [3.63, 3.8) is 0 Å². The third-order valence-corrected chi connectivity index (χ3v) is 3.60. The van der Waals surface area contributed by atoms with Gasteiger partial charge in [-0.25, -0.2) is 9.78 Å². The Balaban J connectivity index is 2.13. The highest BCUT2D eigenvalue weighted by Gasteiger charge is 2.13. The van der Waals surface area contributed by atoms with Crippen molar-refractivity contribution in [3.8, 4) is 0 Å². The van der Waals surface area contributed by atoms with Crippen LogP contribution in [-0.4, -0.2) is 11.0 Å². The second kappa shape index (κ2) is 6.25. The molecule has 0 fully saturated rings. The Morgan fingerprint density at radius 3 is 2.70 bits per heavy atom. The first-order valence-electron chi connectivity index (χ1n) is 6.03. The highest BCUT2D eigenvalue weighted by Crippen LogP contribution is 2.19. The van der Waals surface area contributed by atoms with Crippen LogP contribution >= 0.6 is 23.2 Å². The van der Waals surface area contributed by atoms with Crippen molar-refractivity contribution in [3.05, 3.63) is 62.9 Å². The number of aromatic nitrogens is 1. The highest BCUT2D eigenvalue weighted by atomic mass is 35.5. The molecular weight excluding hydrogens is 297 g/mol. The largest absolute Gasteiger partial charge is 0.456 e. The summed E-state index contributed by atoms with van der Waals surface area (Å²) in [4.78, 5) is 16.1. The van der Waals surface area contributed by atoms with Gasteiger partial charge in [-0.3, -0.25) is 0 Å². The van der Waals surface area contributed by atoms with Gasteiger partial charge >= 0.3 is 5.97 Å². The lowest BCUT2D eigenvalue weighted by molar-refractivity contribution is 0.0467. The maximum Gasteiger partial charge on any atom is 0.338 e. The monoisotopic (exact) mass is 309 g/mol. The summed E-state index contributed by atoms with van der Waals surface area (Å²) in [6.45, 7) is 3.82. The summed E-state index contributed by atoms with van der Waals surface area (Å²) in [5, 5.41) is 0.732. The maximum atomic E-state index is 12.1. The number of hydrogen-bond donors (Lipinski definition) is 0. The van der Waals surface area contributed by atoms with E-state index in [9.17, 15) is 4.79 Å². The minimum Gasteiger partial charge on any atom is -0.456 e. The van der Waals surface area contributed by atoms with E-state index in [1.165, 1.54) is 0 Å². The predicted molar refractivity (Wildman–Crippen MR) is 79.3 cm³/mol. The van der Waals surface area contributed by atoms with E-state index in [0.29, 0.717) is 21.4 Å². The van der Waals surface area contributed by atoms with Gasteiger partial charge in [-0.15, -0.1) is 0 Å². The lowest BCUT2D eigenvalue weighted by atomic mass is 10.0. The van der Waals surface area contributed by atoms with E-state index in [1.807, 2.05) is 26.0 Å². The van der Waals surface area contributed by atoms with Crippen LogP contribution in [0.3, 0.4) is 0 Å². The van der Waals surface area contributed by atoms with Gasteiger partial charge in [0.05, 0.1) is 16.3 Å². The van der Waals surface area contributed by atoms with Crippen LogP contribution in [0.5, 0.6) is 0 Å². The van der Waals surface area contributed by atoms with Gasteiger partial charge in [0.2, 0.25) is 0 Å². The molecule has 0 amide bonds. The Labute approximate surface area is 127 Å². The first-order chi connectivity index (χ1) is 9.49. The molecule has 20 heavy (non-hydrogen) atoms. The number of pyridine rings is 1. The summed E-state index contributed by atoms with van der Waals surface area (Å²) >= 11 is 11.8. The molecule has 0 atom stereocenters. The summed E-state index contributed by atoms with van der Waals surface area (Å²) in [6.07, 6.45) is 0. The standard InChI is InChI=1S/C15H13Cl2NO2/c1-9-4-3-5-11(10(9)2)15(19)20-8-13-12(16)6-7-14(17)18-13/h3-7H,8H2,1-2H3. The van der Waals surface area contributed by atoms with E-state index < -0.39 is 5.97 Å². The first kappa shape index (κ1) is 14.8. The Kier molecular flexibility index (Phi) is 4.63. The molecule has 2 aromatic rings. The van der Waals surface area contributed by atoms with Gasteiger partial charge in [-0.05, 0) is 43.2 Å². The number of carbonyl (C=O) groups is 1. The van der Waals surface area contributed by atoms with Crippen LogP contribution in [-0.2, 0) is 11.3 Å². The number of esters is 1. The quantitative estimate of drug-likeness (QED) is 0.624. The fraction of sp³-hybridized carbons (Fsp3) is 0.200. The van der Waals surface area contributed by atoms with Gasteiger partial charge < -0.3 is 4.74 Å². The molecule has 0 spiro atoms. The SMILES string of the molecule is Cc1cccc(C(=O)OCc2nc(Cl)ccc2Cl)c1C. The molecular formula is C15H13Cl2NO2. The minimum absolute atomic E-state index is 0.00832. The predicted octanol–water partition coefficient (Wildman–Crippen LogP) is 4.36. The van der Waals surface area contributed by atoms with Gasteiger partial charge in [0, 0.05) is 0 Å². The van der Waals surface area contributed by atoms with Crippen molar-refractivity contribution in [1.29, 1.82) is 0 Å². The molecule has 5 heteroatoms. The van der Waals surface area contributed by atoms with Crippen molar-refractivity contribution in [2.24, 2.45) is 0 Å². The third-order valence-electron chi connectivity index (χ3n) is 3.05. The normalized spacial score (nSPS) is 10.4. The van der Waals surface area contributed by atoms with Crippen LogP contribution in [0.2, 0.25) is 10.2 Å². The molecule has 1 aromatic heterocycles. The van der Waals surface area contributed by atoms with Crippen molar-refractivity contribution in [1.82, 2.24) is 4.98 Å². The van der Waals surface area contributed by atoms with Crippen molar-refractivity contribution >= 4 is 29.2 Å². The smallest absolute Gasteiger partial charge is 0.338 e. The highest BCUT2D eigenvalue weighted by molar-refractivity contribution is 6.32. The molecule has 1 aromatic carbocycles. The van der Waals surface area contributed by atoms with Gasteiger partial charge in [0.15, 0.2) is 0 Å². The fourth-order valence-electron chi connectivity index (χ4n) is 1.74. The molecule has 0 saturated heterocycles. The van der Waals surface area contributed by atoms with Crippen molar-refractivity contribution in [2.45, 2.75) is 20.5 Å². The maximum absolute atomic E-state index is 12.1. The molecule has 0 aliphatic rings. The summed E-state index contributed by atoms with van der Waals surface area (Å²) in [6, 6.07) is 8.71. The number of hydrogen-bond acceptors (Lipinski definition) is 3. The molecule has 0 saturated carbocycles. The zero-order chi connectivity index (χ0) is 14.7. The van der Waals surface area contributed by atoms with Crippen molar-refractivity contribution < 1.29 is 9.53 Å². The first-order valence-corrected chi connectivity index (χ1v) is 6.79. The Morgan fingerprint density at radius 1 is 1.20 bits per heavy atom. The zero-order valence-electron chi connectivity index (χ0n) is 11.1. The molecule has 0 unspecified atom stereocenters. The Morgan fingerprint density at radius 2 is 1.95 bits per heavy atom.